The molecule has 0 atom stereocenters. The lowest BCUT2D eigenvalue weighted by Crippen LogP contribution is -2.32. The Bertz CT molecular complexity index is 438. The average Bonchev–Trinajstić information content (AvgIpc) is 3.06. The van der Waals surface area contributed by atoms with E-state index in [1.54, 1.807) is 0 Å². The highest BCUT2D eigenvalue weighted by atomic mass is 35.5. The van der Waals surface area contributed by atoms with Crippen molar-refractivity contribution in [1.82, 2.24) is 5.32 Å². The van der Waals surface area contributed by atoms with Crippen LogP contribution in [-0.4, -0.2) is 12.5 Å². The second-order valence-electron chi connectivity index (χ2n) is 5.67. The van der Waals surface area contributed by atoms with Gasteiger partial charge < -0.3 is 5.32 Å². The van der Waals surface area contributed by atoms with Crippen LogP contribution in [0.25, 0.3) is 0 Å². The van der Waals surface area contributed by atoms with Gasteiger partial charge in [-0.15, -0.1) is 0 Å². The molecule has 1 saturated carbocycles. The summed E-state index contributed by atoms with van der Waals surface area (Å²) in [6.07, 6.45) is 2.87. The third-order valence-electron chi connectivity index (χ3n) is 3.51. The van der Waals surface area contributed by atoms with Gasteiger partial charge in [0.05, 0.1) is 0 Å². The monoisotopic (exact) mass is 265 g/mol. The fourth-order valence-electron chi connectivity index (χ4n) is 2.25. The largest absolute Gasteiger partial charge is 0.355 e. The van der Waals surface area contributed by atoms with Gasteiger partial charge in [0.25, 0.3) is 0 Å². The van der Waals surface area contributed by atoms with Crippen molar-refractivity contribution in [2.24, 2.45) is 5.92 Å². The number of hydrogen-bond acceptors (Lipinski definition) is 1. The summed E-state index contributed by atoms with van der Waals surface area (Å²) >= 11 is 6.02. The van der Waals surface area contributed by atoms with E-state index in [1.165, 1.54) is 5.56 Å². The van der Waals surface area contributed by atoms with Crippen LogP contribution in [0.1, 0.15) is 38.7 Å². The van der Waals surface area contributed by atoms with Crippen molar-refractivity contribution in [2.75, 3.05) is 6.54 Å². The Morgan fingerprint density at radius 2 is 2.17 bits per heavy atom. The molecule has 1 N–H and O–H groups in total. The predicted octanol–water partition coefficient (Wildman–Crippen LogP) is 3.53. The molecule has 0 aromatic heterocycles. The number of hydrogen-bond donors (Lipinski definition) is 1. The highest BCUT2D eigenvalue weighted by Crippen LogP contribution is 2.48. The summed E-state index contributed by atoms with van der Waals surface area (Å²) in [5, 5.41) is 3.82. The highest BCUT2D eigenvalue weighted by Gasteiger charge is 2.44. The highest BCUT2D eigenvalue weighted by molar-refractivity contribution is 6.30. The van der Waals surface area contributed by atoms with Crippen molar-refractivity contribution in [3.8, 4) is 0 Å². The molecule has 1 aromatic rings. The minimum atomic E-state index is 0.136. The second kappa shape index (κ2) is 5.31. The minimum Gasteiger partial charge on any atom is -0.355 e. The lowest BCUT2D eigenvalue weighted by Gasteiger charge is -2.17. The van der Waals surface area contributed by atoms with Crippen LogP contribution in [-0.2, 0) is 10.2 Å². The van der Waals surface area contributed by atoms with E-state index in [9.17, 15) is 4.79 Å². The van der Waals surface area contributed by atoms with E-state index < -0.39 is 0 Å². The van der Waals surface area contributed by atoms with E-state index in [0.717, 1.165) is 24.4 Å². The fourth-order valence-corrected chi connectivity index (χ4v) is 2.44. The van der Waals surface area contributed by atoms with Gasteiger partial charge in [0.2, 0.25) is 5.91 Å². The molecule has 0 bridgehead atoms. The van der Waals surface area contributed by atoms with Crippen molar-refractivity contribution in [3.63, 3.8) is 0 Å². The molecular formula is C15H20ClNO. The predicted molar refractivity (Wildman–Crippen MR) is 74.8 cm³/mol. The topological polar surface area (TPSA) is 29.1 Å². The molecule has 98 valence electrons. The Hall–Kier alpha value is -1.02. The maximum Gasteiger partial charge on any atom is 0.220 e. The molecule has 2 rings (SSSR count). The van der Waals surface area contributed by atoms with E-state index in [2.05, 4.69) is 25.2 Å². The van der Waals surface area contributed by atoms with Gasteiger partial charge in [0.15, 0.2) is 0 Å². The lowest BCUT2D eigenvalue weighted by atomic mass is 9.96. The summed E-state index contributed by atoms with van der Waals surface area (Å²) in [6, 6.07) is 7.99. The van der Waals surface area contributed by atoms with Gasteiger partial charge in [-0.25, -0.2) is 0 Å². The Morgan fingerprint density at radius 1 is 1.44 bits per heavy atom. The quantitative estimate of drug-likeness (QED) is 0.867. The normalized spacial score (nSPS) is 16.7. The zero-order valence-electron chi connectivity index (χ0n) is 11.0. The third kappa shape index (κ3) is 3.26. The maximum atomic E-state index is 11.7. The minimum absolute atomic E-state index is 0.136. The van der Waals surface area contributed by atoms with Crippen molar-refractivity contribution >= 4 is 17.5 Å². The van der Waals surface area contributed by atoms with Crippen molar-refractivity contribution < 1.29 is 4.79 Å². The Balaban J connectivity index is 1.95. The molecular weight excluding hydrogens is 246 g/mol. The van der Waals surface area contributed by atoms with Crippen LogP contribution in [0.4, 0.5) is 0 Å². The van der Waals surface area contributed by atoms with Crippen LogP contribution in [0.5, 0.6) is 0 Å². The molecule has 1 aliphatic rings. The number of rotatable bonds is 5. The first-order valence-corrected chi connectivity index (χ1v) is 6.92. The smallest absolute Gasteiger partial charge is 0.220 e. The maximum absolute atomic E-state index is 11.7. The molecule has 0 heterocycles. The molecule has 1 amide bonds. The van der Waals surface area contributed by atoms with E-state index >= 15 is 0 Å². The number of halogens is 1. The van der Waals surface area contributed by atoms with Gasteiger partial charge in [-0.2, -0.15) is 0 Å². The molecule has 0 unspecified atom stereocenters. The van der Waals surface area contributed by atoms with Crippen LogP contribution in [0.2, 0.25) is 5.02 Å². The zero-order valence-corrected chi connectivity index (χ0v) is 11.8. The number of nitrogens with one attached hydrogen (secondary N) is 1. The first kappa shape index (κ1) is 13.4. The molecule has 0 radical (unpaired) electrons. The van der Waals surface area contributed by atoms with Gasteiger partial charge in [0, 0.05) is 23.4 Å². The van der Waals surface area contributed by atoms with Gasteiger partial charge in [0.1, 0.15) is 0 Å². The van der Waals surface area contributed by atoms with Gasteiger partial charge >= 0.3 is 0 Å². The van der Waals surface area contributed by atoms with Crippen LogP contribution < -0.4 is 5.32 Å². The zero-order chi connectivity index (χ0) is 13.2. The van der Waals surface area contributed by atoms with E-state index in [4.69, 9.17) is 11.6 Å². The van der Waals surface area contributed by atoms with Crippen LogP contribution in [0, 0.1) is 5.92 Å². The number of carbonyl (C=O) groups is 1. The average molecular weight is 266 g/mol. The van der Waals surface area contributed by atoms with E-state index in [-0.39, 0.29) is 11.3 Å². The Labute approximate surface area is 114 Å². The molecule has 2 nitrogen and oxygen atoms in total. The summed E-state index contributed by atoms with van der Waals surface area (Å²) in [5.41, 5.74) is 1.39. The molecule has 0 saturated heterocycles. The molecule has 0 spiro atoms. The van der Waals surface area contributed by atoms with Gasteiger partial charge in [-0.1, -0.05) is 37.6 Å². The van der Waals surface area contributed by atoms with Gasteiger partial charge in [-0.05, 0) is 36.5 Å². The van der Waals surface area contributed by atoms with Crippen LogP contribution >= 0.6 is 11.6 Å². The van der Waals surface area contributed by atoms with E-state index in [1.807, 2.05) is 18.2 Å². The summed E-state index contributed by atoms with van der Waals surface area (Å²) in [6.45, 7) is 4.85. The Kier molecular flexibility index (Phi) is 3.96. The first-order chi connectivity index (χ1) is 8.52. The molecule has 0 aliphatic heterocycles. The Morgan fingerprint density at radius 3 is 2.72 bits per heavy atom. The SMILES string of the molecule is CC(C)CC(=O)NCC1(c2cccc(Cl)c2)CC1. The van der Waals surface area contributed by atoms with Crippen LogP contribution in [0.3, 0.4) is 0 Å². The third-order valence-corrected chi connectivity index (χ3v) is 3.74. The van der Waals surface area contributed by atoms with Crippen LogP contribution in [0.15, 0.2) is 24.3 Å². The molecule has 1 aromatic carbocycles. The molecule has 3 heteroatoms. The van der Waals surface area contributed by atoms with Gasteiger partial charge in [-0.3, -0.25) is 4.79 Å². The lowest BCUT2D eigenvalue weighted by molar-refractivity contribution is -0.121. The summed E-state index contributed by atoms with van der Waals surface area (Å²) in [5.74, 6) is 0.560. The standard InChI is InChI=1S/C15H20ClNO/c1-11(2)8-14(18)17-10-15(6-7-15)12-4-3-5-13(16)9-12/h3-5,9,11H,6-8,10H2,1-2H3,(H,17,18). The van der Waals surface area contributed by atoms with E-state index in [0.29, 0.717) is 12.3 Å². The summed E-state index contributed by atoms with van der Waals surface area (Å²) in [4.78, 5) is 11.7. The second-order valence-corrected chi connectivity index (χ2v) is 6.10. The number of benzene rings is 1. The van der Waals surface area contributed by atoms with Crippen molar-refractivity contribution in [1.29, 1.82) is 0 Å². The molecule has 18 heavy (non-hydrogen) atoms. The van der Waals surface area contributed by atoms with Crippen molar-refractivity contribution in [2.45, 2.75) is 38.5 Å². The molecule has 1 aliphatic carbocycles. The van der Waals surface area contributed by atoms with Crippen molar-refractivity contribution in [3.05, 3.63) is 34.9 Å². The summed E-state index contributed by atoms with van der Waals surface area (Å²) in [7, 11) is 0. The molecule has 1 fully saturated rings. The fraction of sp³-hybridized carbons (Fsp3) is 0.533. The number of amides is 1. The number of carbonyl (C=O) groups excluding carboxylic acids is 1. The first-order valence-electron chi connectivity index (χ1n) is 6.55. The summed E-state index contributed by atoms with van der Waals surface area (Å²) < 4.78 is 0.